The number of likely N-dealkylation sites (tertiary alicyclic amines) is 1. The van der Waals surface area contributed by atoms with Crippen molar-refractivity contribution in [3.63, 3.8) is 0 Å². The summed E-state index contributed by atoms with van der Waals surface area (Å²) in [5, 5.41) is 2.09. The Labute approximate surface area is 113 Å². The number of nitrogens with one attached hydrogen (secondary N) is 1. The van der Waals surface area contributed by atoms with Crippen molar-refractivity contribution < 1.29 is 0 Å². The monoisotopic (exact) mass is 262 g/mol. The number of H-pyrrole nitrogens is 1. The molecule has 0 bridgehead atoms. The van der Waals surface area contributed by atoms with Crippen LogP contribution >= 0.6 is 11.6 Å². The molecule has 1 aromatic carbocycles. The van der Waals surface area contributed by atoms with Crippen molar-refractivity contribution in [1.29, 1.82) is 0 Å². The van der Waals surface area contributed by atoms with Gasteiger partial charge in [-0.3, -0.25) is 4.90 Å². The summed E-state index contributed by atoms with van der Waals surface area (Å²) in [6.45, 7) is 3.50. The lowest BCUT2D eigenvalue weighted by atomic mass is 10.1. The summed E-state index contributed by atoms with van der Waals surface area (Å²) < 4.78 is 0. The fraction of sp³-hybridized carbons (Fsp3) is 0.467. The first-order valence-corrected chi connectivity index (χ1v) is 7.18. The van der Waals surface area contributed by atoms with Gasteiger partial charge in [-0.1, -0.05) is 24.4 Å². The Hall–Kier alpha value is -0.990. The lowest BCUT2D eigenvalue weighted by molar-refractivity contribution is 0.278. The Morgan fingerprint density at radius 3 is 2.67 bits per heavy atom. The van der Waals surface area contributed by atoms with Gasteiger partial charge in [0.05, 0.1) is 0 Å². The standard InChI is InChI=1S/C15H19ClN2/c16-13-5-6-15-14(9-13)12(10-17-15)11-18-7-3-1-2-4-8-18/h5-6,9-10,17H,1-4,7-8,11H2. The topological polar surface area (TPSA) is 19.0 Å². The van der Waals surface area contributed by atoms with E-state index in [4.69, 9.17) is 11.6 Å². The van der Waals surface area contributed by atoms with Gasteiger partial charge in [-0.15, -0.1) is 0 Å². The molecule has 0 spiro atoms. The predicted molar refractivity (Wildman–Crippen MR) is 77.1 cm³/mol. The maximum absolute atomic E-state index is 6.09. The third-order valence-electron chi connectivity index (χ3n) is 3.82. The Balaban J connectivity index is 1.83. The molecule has 1 fully saturated rings. The summed E-state index contributed by atoms with van der Waals surface area (Å²) in [6.07, 6.45) is 7.57. The van der Waals surface area contributed by atoms with Gasteiger partial charge in [-0.25, -0.2) is 0 Å². The first kappa shape index (κ1) is 12.1. The van der Waals surface area contributed by atoms with Crippen LogP contribution in [-0.4, -0.2) is 23.0 Å². The minimum absolute atomic E-state index is 0.819. The number of benzene rings is 1. The van der Waals surface area contributed by atoms with Crippen LogP contribution in [0.2, 0.25) is 5.02 Å². The van der Waals surface area contributed by atoms with Gasteiger partial charge in [0.15, 0.2) is 0 Å². The SMILES string of the molecule is Clc1ccc2[nH]cc(CN3CCCCCC3)c2c1. The Bertz CT molecular complexity index is 524. The Morgan fingerprint density at radius 2 is 1.89 bits per heavy atom. The van der Waals surface area contributed by atoms with Crippen molar-refractivity contribution >= 4 is 22.5 Å². The van der Waals surface area contributed by atoms with Crippen LogP contribution in [0.5, 0.6) is 0 Å². The number of hydrogen-bond acceptors (Lipinski definition) is 1. The summed E-state index contributed by atoms with van der Waals surface area (Å²) in [4.78, 5) is 5.90. The number of rotatable bonds is 2. The van der Waals surface area contributed by atoms with E-state index in [1.165, 1.54) is 55.2 Å². The maximum Gasteiger partial charge on any atom is 0.0458 e. The molecule has 1 aliphatic heterocycles. The van der Waals surface area contributed by atoms with Crippen molar-refractivity contribution in [1.82, 2.24) is 9.88 Å². The summed E-state index contributed by atoms with van der Waals surface area (Å²) in [6, 6.07) is 6.07. The van der Waals surface area contributed by atoms with Crippen LogP contribution in [-0.2, 0) is 6.54 Å². The second-order valence-electron chi connectivity index (χ2n) is 5.19. The van der Waals surface area contributed by atoms with E-state index in [9.17, 15) is 0 Å². The zero-order valence-corrected chi connectivity index (χ0v) is 11.3. The molecule has 0 saturated carbocycles. The minimum atomic E-state index is 0.819. The van der Waals surface area contributed by atoms with E-state index in [0.717, 1.165) is 11.6 Å². The number of hydrogen-bond donors (Lipinski definition) is 1. The fourth-order valence-electron chi connectivity index (χ4n) is 2.82. The molecular weight excluding hydrogens is 244 g/mol. The third-order valence-corrected chi connectivity index (χ3v) is 4.06. The van der Waals surface area contributed by atoms with Gasteiger partial charge < -0.3 is 4.98 Å². The molecule has 0 radical (unpaired) electrons. The molecule has 0 amide bonds. The first-order chi connectivity index (χ1) is 8.83. The molecule has 0 unspecified atom stereocenters. The maximum atomic E-state index is 6.09. The van der Waals surface area contributed by atoms with E-state index >= 15 is 0 Å². The summed E-state index contributed by atoms with van der Waals surface area (Å²) in [7, 11) is 0. The van der Waals surface area contributed by atoms with Crippen LogP contribution in [0.1, 0.15) is 31.2 Å². The van der Waals surface area contributed by atoms with Crippen LogP contribution in [0.3, 0.4) is 0 Å². The average Bonchev–Trinajstić information content (AvgIpc) is 2.60. The molecule has 96 valence electrons. The summed E-state index contributed by atoms with van der Waals surface area (Å²) in [5.74, 6) is 0. The predicted octanol–water partition coefficient (Wildman–Crippen LogP) is 4.20. The van der Waals surface area contributed by atoms with Crippen LogP contribution in [0, 0.1) is 0 Å². The second kappa shape index (κ2) is 5.33. The van der Waals surface area contributed by atoms with Crippen LogP contribution in [0.4, 0.5) is 0 Å². The number of halogens is 1. The van der Waals surface area contributed by atoms with Gasteiger partial charge in [-0.2, -0.15) is 0 Å². The molecule has 2 heterocycles. The van der Waals surface area contributed by atoms with E-state index < -0.39 is 0 Å². The number of nitrogens with zero attached hydrogens (tertiary/aromatic N) is 1. The van der Waals surface area contributed by atoms with Gasteiger partial charge in [0.1, 0.15) is 0 Å². The quantitative estimate of drug-likeness (QED) is 0.860. The lowest BCUT2D eigenvalue weighted by Gasteiger charge is -2.19. The highest BCUT2D eigenvalue weighted by Gasteiger charge is 2.12. The fourth-order valence-corrected chi connectivity index (χ4v) is 2.99. The van der Waals surface area contributed by atoms with Crippen LogP contribution < -0.4 is 0 Å². The van der Waals surface area contributed by atoms with Gasteiger partial charge in [0.2, 0.25) is 0 Å². The van der Waals surface area contributed by atoms with Crippen molar-refractivity contribution in [2.24, 2.45) is 0 Å². The highest BCUT2D eigenvalue weighted by atomic mass is 35.5. The molecule has 0 atom stereocenters. The zero-order valence-electron chi connectivity index (χ0n) is 10.6. The highest BCUT2D eigenvalue weighted by Crippen LogP contribution is 2.24. The molecule has 3 rings (SSSR count). The van der Waals surface area contributed by atoms with Gasteiger partial charge in [-0.05, 0) is 49.7 Å². The van der Waals surface area contributed by atoms with Crippen LogP contribution in [0.15, 0.2) is 24.4 Å². The van der Waals surface area contributed by atoms with Gasteiger partial charge in [0, 0.05) is 28.7 Å². The van der Waals surface area contributed by atoms with E-state index in [2.05, 4.69) is 28.2 Å². The zero-order chi connectivity index (χ0) is 12.4. The molecule has 0 aliphatic carbocycles. The first-order valence-electron chi connectivity index (χ1n) is 6.81. The molecule has 2 aromatic rings. The molecule has 1 N–H and O–H groups in total. The Kier molecular flexibility index (Phi) is 3.57. The molecule has 1 aromatic heterocycles. The molecule has 1 saturated heterocycles. The number of fused-ring (bicyclic) bond motifs is 1. The van der Waals surface area contributed by atoms with Crippen LogP contribution in [0.25, 0.3) is 10.9 Å². The number of aromatic amines is 1. The molecule has 18 heavy (non-hydrogen) atoms. The normalized spacial score (nSPS) is 18.1. The van der Waals surface area contributed by atoms with Gasteiger partial charge >= 0.3 is 0 Å². The van der Waals surface area contributed by atoms with Crippen molar-refractivity contribution in [3.8, 4) is 0 Å². The summed E-state index contributed by atoms with van der Waals surface area (Å²) >= 11 is 6.09. The Morgan fingerprint density at radius 1 is 1.11 bits per heavy atom. The van der Waals surface area contributed by atoms with Crippen molar-refractivity contribution in [2.75, 3.05) is 13.1 Å². The van der Waals surface area contributed by atoms with E-state index in [0.29, 0.717) is 0 Å². The largest absolute Gasteiger partial charge is 0.361 e. The van der Waals surface area contributed by atoms with Crippen molar-refractivity contribution in [3.05, 3.63) is 35.0 Å². The number of aromatic nitrogens is 1. The summed E-state index contributed by atoms with van der Waals surface area (Å²) in [5.41, 5.74) is 2.55. The lowest BCUT2D eigenvalue weighted by Crippen LogP contribution is -2.23. The van der Waals surface area contributed by atoms with E-state index in [1.807, 2.05) is 6.07 Å². The van der Waals surface area contributed by atoms with E-state index in [-0.39, 0.29) is 0 Å². The minimum Gasteiger partial charge on any atom is -0.361 e. The molecule has 1 aliphatic rings. The average molecular weight is 263 g/mol. The molecular formula is C15H19ClN2. The van der Waals surface area contributed by atoms with E-state index in [1.54, 1.807) is 0 Å². The van der Waals surface area contributed by atoms with Gasteiger partial charge in [0.25, 0.3) is 0 Å². The second-order valence-corrected chi connectivity index (χ2v) is 5.63. The molecule has 3 heteroatoms. The smallest absolute Gasteiger partial charge is 0.0458 e. The van der Waals surface area contributed by atoms with Crippen molar-refractivity contribution in [2.45, 2.75) is 32.2 Å². The molecule has 2 nitrogen and oxygen atoms in total. The highest BCUT2D eigenvalue weighted by molar-refractivity contribution is 6.31. The third kappa shape index (κ3) is 2.55.